The van der Waals surface area contributed by atoms with Gasteiger partial charge in [0.25, 0.3) is 0 Å². The van der Waals surface area contributed by atoms with Crippen LogP contribution in [0.2, 0.25) is 0 Å². The molecule has 2 aliphatic rings. The highest BCUT2D eigenvalue weighted by atomic mass is 16.5. The molecule has 1 fully saturated rings. The van der Waals surface area contributed by atoms with Gasteiger partial charge in [-0.05, 0) is 67.3 Å². The number of ether oxygens (including phenoxy) is 1. The second-order valence-electron chi connectivity index (χ2n) is 5.23. The Hall–Kier alpha value is -1.48. The van der Waals surface area contributed by atoms with E-state index in [1.54, 1.807) is 0 Å². The maximum Gasteiger partial charge on any atom is 0.120 e. The lowest BCUT2D eigenvalue weighted by Crippen LogP contribution is -2.16. The van der Waals surface area contributed by atoms with E-state index in [0.29, 0.717) is 12.0 Å². The maximum absolute atomic E-state index is 6.06. The molecule has 1 saturated carbocycles. The fourth-order valence-corrected chi connectivity index (χ4v) is 2.82. The van der Waals surface area contributed by atoms with Gasteiger partial charge in [0, 0.05) is 6.54 Å². The smallest absolute Gasteiger partial charge is 0.120 e. The van der Waals surface area contributed by atoms with E-state index >= 15 is 0 Å². The van der Waals surface area contributed by atoms with Gasteiger partial charge in [0.15, 0.2) is 0 Å². The van der Waals surface area contributed by atoms with Crippen LogP contribution >= 0.6 is 0 Å². The van der Waals surface area contributed by atoms with Crippen molar-refractivity contribution in [2.24, 2.45) is 11.7 Å². The Balaban J connectivity index is 1.69. The zero-order valence-electron chi connectivity index (χ0n) is 10.6. The third kappa shape index (κ3) is 2.36. The molecule has 1 aromatic carbocycles. The Bertz CT molecular complexity index is 456. The SMILES string of the molecule is NC[C@H]1CC[C@@H](Oc2ccc3c(c2)C=CNC3)C1. The first-order chi connectivity index (χ1) is 8.85. The second-order valence-corrected chi connectivity index (χ2v) is 5.23. The van der Waals surface area contributed by atoms with Gasteiger partial charge in [0.1, 0.15) is 5.75 Å². The monoisotopic (exact) mass is 244 g/mol. The van der Waals surface area contributed by atoms with Crippen LogP contribution in [0.4, 0.5) is 0 Å². The number of rotatable bonds is 3. The minimum atomic E-state index is 0.349. The molecule has 3 rings (SSSR count). The Morgan fingerprint density at radius 3 is 3.11 bits per heavy atom. The molecule has 0 spiro atoms. The first kappa shape index (κ1) is 11.6. The predicted octanol–water partition coefficient (Wildman–Crippen LogP) is 2.27. The summed E-state index contributed by atoms with van der Waals surface area (Å²) in [7, 11) is 0. The van der Waals surface area contributed by atoms with Gasteiger partial charge in [0.05, 0.1) is 6.10 Å². The van der Waals surface area contributed by atoms with Crippen LogP contribution in [0.3, 0.4) is 0 Å². The van der Waals surface area contributed by atoms with E-state index in [0.717, 1.165) is 31.7 Å². The molecule has 1 heterocycles. The van der Waals surface area contributed by atoms with Gasteiger partial charge in [-0.2, -0.15) is 0 Å². The van der Waals surface area contributed by atoms with Crippen molar-refractivity contribution in [3.63, 3.8) is 0 Å². The molecular weight excluding hydrogens is 224 g/mol. The summed E-state index contributed by atoms with van der Waals surface area (Å²) in [4.78, 5) is 0. The van der Waals surface area contributed by atoms with Crippen LogP contribution in [0.1, 0.15) is 30.4 Å². The van der Waals surface area contributed by atoms with Crippen LogP contribution in [-0.4, -0.2) is 12.6 Å². The quantitative estimate of drug-likeness (QED) is 0.857. The van der Waals surface area contributed by atoms with Gasteiger partial charge in [0.2, 0.25) is 0 Å². The highest BCUT2D eigenvalue weighted by Gasteiger charge is 2.25. The van der Waals surface area contributed by atoms with Crippen LogP contribution < -0.4 is 15.8 Å². The summed E-state index contributed by atoms with van der Waals surface area (Å²) in [6.45, 7) is 1.70. The number of fused-ring (bicyclic) bond motifs is 1. The van der Waals surface area contributed by atoms with E-state index in [1.165, 1.54) is 17.5 Å². The molecule has 18 heavy (non-hydrogen) atoms. The maximum atomic E-state index is 6.06. The fraction of sp³-hybridized carbons (Fsp3) is 0.467. The Labute approximate surface area is 108 Å². The summed E-state index contributed by atoms with van der Waals surface area (Å²) in [6, 6.07) is 6.37. The van der Waals surface area contributed by atoms with Crippen LogP contribution in [0, 0.1) is 5.92 Å². The van der Waals surface area contributed by atoms with Crippen molar-refractivity contribution >= 4 is 6.08 Å². The number of nitrogens with one attached hydrogen (secondary N) is 1. The van der Waals surface area contributed by atoms with Crippen LogP contribution in [0.25, 0.3) is 6.08 Å². The van der Waals surface area contributed by atoms with Crippen molar-refractivity contribution in [1.29, 1.82) is 0 Å². The molecule has 0 unspecified atom stereocenters. The number of benzene rings is 1. The summed E-state index contributed by atoms with van der Waals surface area (Å²) < 4.78 is 6.06. The molecule has 0 aromatic heterocycles. The van der Waals surface area contributed by atoms with Crippen LogP contribution in [0.15, 0.2) is 24.4 Å². The molecule has 1 aliphatic carbocycles. The molecule has 0 amide bonds. The molecule has 1 aliphatic heterocycles. The third-order valence-corrected chi connectivity index (χ3v) is 3.92. The topological polar surface area (TPSA) is 47.3 Å². The zero-order chi connectivity index (χ0) is 12.4. The van der Waals surface area contributed by atoms with Crippen molar-refractivity contribution in [2.45, 2.75) is 31.9 Å². The van der Waals surface area contributed by atoms with Crippen LogP contribution in [0.5, 0.6) is 5.75 Å². The van der Waals surface area contributed by atoms with Gasteiger partial charge in [-0.25, -0.2) is 0 Å². The molecular formula is C15H20N2O. The van der Waals surface area contributed by atoms with Crippen molar-refractivity contribution in [1.82, 2.24) is 5.32 Å². The average Bonchev–Trinajstić information content (AvgIpc) is 2.86. The lowest BCUT2D eigenvalue weighted by molar-refractivity contribution is 0.204. The Morgan fingerprint density at radius 1 is 1.33 bits per heavy atom. The average molecular weight is 244 g/mol. The lowest BCUT2D eigenvalue weighted by atomic mass is 10.0. The summed E-state index contributed by atoms with van der Waals surface area (Å²) in [5.41, 5.74) is 8.30. The molecule has 2 atom stereocenters. The lowest BCUT2D eigenvalue weighted by Gasteiger charge is -2.17. The first-order valence-electron chi connectivity index (χ1n) is 6.75. The zero-order valence-corrected chi connectivity index (χ0v) is 10.6. The molecule has 0 saturated heterocycles. The third-order valence-electron chi connectivity index (χ3n) is 3.92. The number of nitrogens with two attached hydrogens (primary N) is 1. The van der Waals surface area contributed by atoms with Crippen LogP contribution in [-0.2, 0) is 6.54 Å². The Morgan fingerprint density at radius 2 is 2.28 bits per heavy atom. The highest BCUT2D eigenvalue weighted by Crippen LogP contribution is 2.29. The molecule has 0 radical (unpaired) electrons. The molecule has 3 heteroatoms. The van der Waals surface area contributed by atoms with Crippen molar-refractivity contribution in [3.8, 4) is 5.75 Å². The molecule has 3 nitrogen and oxygen atoms in total. The largest absolute Gasteiger partial charge is 0.490 e. The molecule has 96 valence electrons. The van der Waals surface area contributed by atoms with E-state index < -0.39 is 0 Å². The van der Waals surface area contributed by atoms with E-state index in [-0.39, 0.29) is 0 Å². The molecule has 0 bridgehead atoms. The van der Waals surface area contributed by atoms with E-state index in [9.17, 15) is 0 Å². The number of hydrogen-bond donors (Lipinski definition) is 2. The van der Waals surface area contributed by atoms with E-state index in [2.05, 4.69) is 29.6 Å². The summed E-state index contributed by atoms with van der Waals surface area (Å²) >= 11 is 0. The molecule has 3 N–H and O–H groups in total. The van der Waals surface area contributed by atoms with Crippen molar-refractivity contribution in [2.75, 3.05) is 6.54 Å². The van der Waals surface area contributed by atoms with Gasteiger partial charge >= 0.3 is 0 Å². The van der Waals surface area contributed by atoms with Gasteiger partial charge < -0.3 is 15.8 Å². The van der Waals surface area contributed by atoms with Crippen molar-refractivity contribution < 1.29 is 4.74 Å². The predicted molar refractivity (Wildman–Crippen MR) is 73.1 cm³/mol. The number of hydrogen-bond acceptors (Lipinski definition) is 3. The Kier molecular flexibility index (Phi) is 3.24. The van der Waals surface area contributed by atoms with Gasteiger partial charge in [-0.3, -0.25) is 0 Å². The standard InChI is InChI=1S/C15H20N2O/c16-9-11-1-3-14(7-11)18-15-4-2-13-10-17-6-5-12(13)8-15/h2,4-6,8,11,14,17H,1,3,7,9-10,16H2/t11-,14+/m0/s1. The second kappa shape index (κ2) is 5.02. The molecule has 1 aromatic rings. The normalized spacial score (nSPS) is 25.6. The van der Waals surface area contributed by atoms with E-state index in [1.807, 2.05) is 6.20 Å². The minimum Gasteiger partial charge on any atom is -0.490 e. The fourth-order valence-electron chi connectivity index (χ4n) is 2.82. The summed E-state index contributed by atoms with van der Waals surface area (Å²) in [6.07, 6.45) is 7.88. The summed E-state index contributed by atoms with van der Waals surface area (Å²) in [5.74, 6) is 1.64. The summed E-state index contributed by atoms with van der Waals surface area (Å²) in [5, 5.41) is 3.21. The van der Waals surface area contributed by atoms with Gasteiger partial charge in [-0.1, -0.05) is 6.07 Å². The minimum absolute atomic E-state index is 0.349. The van der Waals surface area contributed by atoms with Crippen molar-refractivity contribution in [3.05, 3.63) is 35.5 Å². The first-order valence-corrected chi connectivity index (χ1v) is 6.75. The van der Waals surface area contributed by atoms with E-state index in [4.69, 9.17) is 10.5 Å². The van der Waals surface area contributed by atoms with Gasteiger partial charge in [-0.15, -0.1) is 0 Å². The highest BCUT2D eigenvalue weighted by molar-refractivity contribution is 5.57.